The number of hydrogen-bond acceptors (Lipinski definition) is 3. The first-order valence-electron chi connectivity index (χ1n) is 9.35. The number of urea groups is 1. The van der Waals surface area contributed by atoms with E-state index in [1.807, 2.05) is 24.3 Å². The van der Waals surface area contributed by atoms with Crippen LogP contribution >= 0.6 is 0 Å². The molecular weight excluding hydrogens is 359 g/mol. The summed E-state index contributed by atoms with van der Waals surface area (Å²) in [4.78, 5) is 25.7. The number of amides is 3. The Morgan fingerprint density at radius 2 is 1.89 bits per heavy atom. The van der Waals surface area contributed by atoms with Crippen molar-refractivity contribution < 1.29 is 14.0 Å². The number of anilines is 1. The number of carbonyl (C=O) groups excluding carboxylic acids is 2. The van der Waals surface area contributed by atoms with Crippen molar-refractivity contribution in [3.05, 3.63) is 65.0 Å². The van der Waals surface area contributed by atoms with Gasteiger partial charge in [0.25, 0.3) is 5.91 Å². The minimum absolute atomic E-state index is 0.112. The van der Waals surface area contributed by atoms with E-state index in [1.54, 1.807) is 0 Å². The predicted molar refractivity (Wildman–Crippen MR) is 107 cm³/mol. The third-order valence-corrected chi connectivity index (χ3v) is 4.88. The van der Waals surface area contributed by atoms with Crippen LogP contribution in [0.25, 0.3) is 0 Å². The molecule has 148 valence electrons. The van der Waals surface area contributed by atoms with Gasteiger partial charge in [-0.05, 0) is 35.2 Å². The standard InChI is InChI=1S/C21H25FN4O2/c1-13(2)14-3-5-15(6-4-14)19(23)12-25-20(27)17-11-16(7-8-18(17)22)26-10-9-24-21(26)28/h3-8,11,13,19H,9-10,12,23H2,1-2H3,(H,24,28)(H,25,27)/t19-/m0/s1. The Morgan fingerprint density at radius 1 is 1.21 bits per heavy atom. The molecule has 1 heterocycles. The number of halogens is 1. The van der Waals surface area contributed by atoms with E-state index in [4.69, 9.17) is 5.73 Å². The van der Waals surface area contributed by atoms with E-state index >= 15 is 0 Å². The number of benzene rings is 2. The molecule has 3 amide bonds. The van der Waals surface area contributed by atoms with E-state index in [9.17, 15) is 14.0 Å². The van der Waals surface area contributed by atoms with Gasteiger partial charge in [0.1, 0.15) is 5.82 Å². The van der Waals surface area contributed by atoms with E-state index in [0.717, 1.165) is 5.56 Å². The number of nitrogens with zero attached hydrogens (tertiary/aromatic N) is 1. The largest absolute Gasteiger partial charge is 0.350 e. The maximum absolute atomic E-state index is 14.2. The fourth-order valence-corrected chi connectivity index (χ4v) is 3.12. The molecule has 1 atom stereocenters. The molecule has 0 saturated carbocycles. The first kappa shape index (κ1) is 19.8. The lowest BCUT2D eigenvalue weighted by Gasteiger charge is -2.17. The predicted octanol–water partition coefficient (Wildman–Crippen LogP) is 2.91. The number of nitrogens with one attached hydrogen (secondary N) is 2. The van der Waals surface area contributed by atoms with Crippen molar-refractivity contribution in [3.8, 4) is 0 Å². The summed E-state index contributed by atoms with van der Waals surface area (Å²) in [5.74, 6) is -0.776. The van der Waals surface area contributed by atoms with Gasteiger partial charge in [-0.25, -0.2) is 9.18 Å². The molecule has 1 saturated heterocycles. The molecule has 28 heavy (non-hydrogen) atoms. The van der Waals surface area contributed by atoms with Crippen molar-refractivity contribution in [1.29, 1.82) is 0 Å². The summed E-state index contributed by atoms with van der Waals surface area (Å²) in [5, 5.41) is 5.36. The summed E-state index contributed by atoms with van der Waals surface area (Å²) in [6, 6.07) is 11.3. The van der Waals surface area contributed by atoms with Crippen LogP contribution in [0, 0.1) is 5.82 Å². The van der Waals surface area contributed by atoms with E-state index in [2.05, 4.69) is 24.5 Å². The van der Waals surface area contributed by atoms with Gasteiger partial charge in [0, 0.05) is 31.4 Å². The highest BCUT2D eigenvalue weighted by Crippen LogP contribution is 2.21. The first-order chi connectivity index (χ1) is 13.4. The second-order valence-corrected chi connectivity index (χ2v) is 7.19. The van der Waals surface area contributed by atoms with E-state index < -0.39 is 17.8 Å². The minimum atomic E-state index is -0.643. The Morgan fingerprint density at radius 3 is 2.50 bits per heavy atom. The van der Waals surface area contributed by atoms with Crippen molar-refractivity contribution in [3.63, 3.8) is 0 Å². The van der Waals surface area contributed by atoms with E-state index in [-0.39, 0.29) is 18.1 Å². The van der Waals surface area contributed by atoms with Crippen molar-refractivity contribution >= 4 is 17.6 Å². The fraction of sp³-hybridized carbons (Fsp3) is 0.333. The molecule has 0 unspecified atom stereocenters. The SMILES string of the molecule is CC(C)c1ccc([C@@H](N)CNC(=O)c2cc(N3CCNC3=O)ccc2F)cc1. The summed E-state index contributed by atoms with van der Waals surface area (Å²) in [7, 11) is 0. The van der Waals surface area contributed by atoms with Crippen LogP contribution in [-0.4, -0.2) is 31.6 Å². The summed E-state index contributed by atoms with van der Waals surface area (Å²) in [5.41, 5.74) is 8.64. The Kier molecular flexibility index (Phi) is 5.94. The van der Waals surface area contributed by atoms with Gasteiger partial charge in [-0.3, -0.25) is 9.69 Å². The van der Waals surface area contributed by atoms with Crippen molar-refractivity contribution in [2.45, 2.75) is 25.8 Å². The summed E-state index contributed by atoms with van der Waals surface area (Å²) < 4.78 is 14.2. The third kappa shape index (κ3) is 4.31. The van der Waals surface area contributed by atoms with Crippen LogP contribution in [0.2, 0.25) is 0 Å². The first-order valence-corrected chi connectivity index (χ1v) is 9.35. The lowest BCUT2D eigenvalue weighted by Crippen LogP contribution is -2.33. The Hall–Kier alpha value is -2.93. The Bertz CT molecular complexity index is 867. The van der Waals surface area contributed by atoms with Gasteiger partial charge in [-0.1, -0.05) is 38.1 Å². The molecule has 6 nitrogen and oxygen atoms in total. The zero-order valence-corrected chi connectivity index (χ0v) is 16.0. The van der Waals surface area contributed by atoms with E-state index in [1.165, 1.54) is 28.7 Å². The Labute approximate surface area is 163 Å². The Balaban J connectivity index is 1.66. The summed E-state index contributed by atoms with van der Waals surface area (Å²) >= 11 is 0. The van der Waals surface area contributed by atoms with Crippen LogP contribution in [0.3, 0.4) is 0 Å². The zero-order chi connectivity index (χ0) is 20.3. The highest BCUT2D eigenvalue weighted by Gasteiger charge is 2.23. The smallest absolute Gasteiger partial charge is 0.321 e. The van der Waals surface area contributed by atoms with Crippen molar-refractivity contribution in [2.24, 2.45) is 5.73 Å². The van der Waals surface area contributed by atoms with Gasteiger partial charge >= 0.3 is 6.03 Å². The number of hydrogen-bond donors (Lipinski definition) is 3. The van der Waals surface area contributed by atoms with Crippen molar-refractivity contribution in [1.82, 2.24) is 10.6 Å². The minimum Gasteiger partial charge on any atom is -0.350 e. The van der Waals surface area contributed by atoms with Crippen molar-refractivity contribution in [2.75, 3.05) is 24.5 Å². The van der Waals surface area contributed by atoms with Gasteiger partial charge in [-0.15, -0.1) is 0 Å². The highest BCUT2D eigenvalue weighted by molar-refractivity contribution is 5.98. The molecule has 7 heteroatoms. The zero-order valence-electron chi connectivity index (χ0n) is 16.0. The molecule has 1 aliphatic heterocycles. The van der Waals surface area contributed by atoms with E-state index in [0.29, 0.717) is 24.7 Å². The molecule has 4 N–H and O–H groups in total. The molecule has 3 rings (SSSR count). The van der Waals surface area contributed by atoms with Crippen LogP contribution < -0.4 is 21.3 Å². The summed E-state index contributed by atoms with van der Waals surface area (Å²) in [6.07, 6.45) is 0. The fourth-order valence-electron chi connectivity index (χ4n) is 3.12. The average Bonchev–Trinajstić information content (AvgIpc) is 3.12. The maximum Gasteiger partial charge on any atom is 0.321 e. The van der Waals surface area contributed by atoms with Gasteiger partial charge in [0.05, 0.1) is 5.56 Å². The molecule has 0 aromatic heterocycles. The van der Waals surface area contributed by atoms with Crippen LogP contribution in [0.1, 0.15) is 47.3 Å². The van der Waals surface area contributed by atoms with Crippen LogP contribution in [0.5, 0.6) is 0 Å². The highest BCUT2D eigenvalue weighted by atomic mass is 19.1. The molecule has 0 bridgehead atoms. The molecular formula is C21H25FN4O2. The normalized spacial score (nSPS) is 14.9. The van der Waals surface area contributed by atoms with Gasteiger partial charge in [-0.2, -0.15) is 0 Å². The molecule has 1 fully saturated rings. The molecule has 2 aromatic carbocycles. The van der Waals surface area contributed by atoms with Gasteiger partial charge in [0.2, 0.25) is 0 Å². The lowest BCUT2D eigenvalue weighted by molar-refractivity contribution is 0.0947. The summed E-state index contributed by atoms with van der Waals surface area (Å²) in [6.45, 7) is 5.39. The second-order valence-electron chi connectivity index (χ2n) is 7.19. The number of rotatable bonds is 6. The maximum atomic E-state index is 14.2. The number of nitrogens with two attached hydrogens (primary N) is 1. The third-order valence-electron chi connectivity index (χ3n) is 4.88. The monoisotopic (exact) mass is 384 g/mol. The lowest BCUT2D eigenvalue weighted by atomic mass is 9.99. The van der Waals surface area contributed by atoms with Gasteiger partial charge in [0.15, 0.2) is 0 Å². The topological polar surface area (TPSA) is 87.5 Å². The molecule has 1 aliphatic rings. The number of carbonyl (C=O) groups is 2. The molecule has 0 spiro atoms. The van der Waals surface area contributed by atoms with Crippen LogP contribution in [0.4, 0.5) is 14.9 Å². The van der Waals surface area contributed by atoms with Crippen LogP contribution in [0.15, 0.2) is 42.5 Å². The van der Waals surface area contributed by atoms with Crippen LogP contribution in [-0.2, 0) is 0 Å². The molecule has 2 aromatic rings. The molecule has 0 aliphatic carbocycles. The van der Waals surface area contributed by atoms with Gasteiger partial charge < -0.3 is 16.4 Å². The second kappa shape index (κ2) is 8.39. The quantitative estimate of drug-likeness (QED) is 0.716. The average molecular weight is 384 g/mol. The molecule has 0 radical (unpaired) electrons.